The second-order valence-corrected chi connectivity index (χ2v) is 8.14. The summed E-state index contributed by atoms with van der Waals surface area (Å²) >= 11 is 0. The molecule has 3 aromatic carbocycles. The Labute approximate surface area is 185 Å². The van der Waals surface area contributed by atoms with E-state index in [1.807, 2.05) is 30.3 Å². The molecule has 1 unspecified atom stereocenters. The van der Waals surface area contributed by atoms with Gasteiger partial charge in [-0.2, -0.15) is 0 Å². The standard InChI is InChI=1S/C26H24N2O4/c1-31-23(29)15-32-22-8-4-7-20-25(22)24-19(26(27)30)11-12-21(24)28(20)14-16-9-10-17-5-2-3-6-18(17)13-16/h2-10,13,19H,11-12,14-15H2,1H3,(H2,27,30). The van der Waals surface area contributed by atoms with Gasteiger partial charge < -0.3 is 19.8 Å². The lowest BCUT2D eigenvalue weighted by Crippen LogP contribution is -2.19. The molecule has 32 heavy (non-hydrogen) atoms. The van der Waals surface area contributed by atoms with Crippen molar-refractivity contribution < 1.29 is 19.1 Å². The largest absolute Gasteiger partial charge is 0.481 e. The first-order valence-electron chi connectivity index (χ1n) is 10.7. The van der Waals surface area contributed by atoms with E-state index in [9.17, 15) is 9.59 Å². The van der Waals surface area contributed by atoms with Crippen molar-refractivity contribution in [2.24, 2.45) is 5.73 Å². The Morgan fingerprint density at radius 3 is 2.66 bits per heavy atom. The Morgan fingerprint density at radius 2 is 1.88 bits per heavy atom. The molecular weight excluding hydrogens is 404 g/mol. The highest BCUT2D eigenvalue weighted by Gasteiger charge is 2.34. The maximum atomic E-state index is 12.2. The van der Waals surface area contributed by atoms with E-state index in [2.05, 4.69) is 34.9 Å². The van der Waals surface area contributed by atoms with Crippen LogP contribution in [0.4, 0.5) is 0 Å². The number of ether oxygens (including phenoxy) is 2. The van der Waals surface area contributed by atoms with Crippen molar-refractivity contribution in [3.63, 3.8) is 0 Å². The van der Waals surface area contributed by atoms with Crippen molar-refractivity contribution in [1.29, 1.82) is 0 Å². The van der Waals surface area contributed by atoms with Gasteiger partial charge in [-0.15, -0.1) is 0 Å². The summed E-state index contributed by atoms with van der Waals surface area (Å²) in [6, 6.07) is 20.5. The Bertz CT molecular complexity index is 1350. The van der Waals surface area contributed by atoms with Crippen molar-refractivity contribution in [3.05, 3.63) is 77.5 Å². The van der Waals surface area contributed by atoms with Gasteiger partial charge in [-0.25, -0.2) is 4.79 Å². The molecule has 1 aromatic heterocycles. The van der Waals surface area contributed by atoms with E-state index >= 15 is 0 Å². The van der Waals surface area contributed by atoms with E-state index in [0.717, 1.165) is 28.6 Å². The van der Waals surface area contributed by atoms with E-state index < -0.39 is 5.97 Å². The number of amides is 1. The number of carbonyl (C=O) groups is 2. The molecule has 0 saturated heterocycles. The Kier molecular flexibility index (Phi) is 5.05. The summed E-state index contributed by atoms with van der Waals surface area (Å²) in [4.78, 5) is 23.9. The van der Waals surface area contributed by atoms with Crippen LogP contribution in [-0.2, 0) is 27.3 Å². The Balaban J connectivity index is 1.64. The molecule has 0 bridgehead atoms. The molecule has 5 rings (SSSR count). The maximum Gasteiger partial charge on any atom is 0.343 e. The molecule has 0 aliphatic heterocycles. The molecule has 162 valence electrons. The second-order valence-electron chi connectivity index (χ2n) is 8.14. The second kappa shape index (κ2) is 8.04. The number of carbonyl (C=O) groups excluding carboxylic acids is 2. The van der Waals surface area contributed by atoms with Crippen LogP contribution < -0.4 is 10.5 Å². The van der Waals surface area contributed by atoms with Crippen LogP contribution in [0.1, 0.15) is 29.2 Å². The van der Waals surface area contributed by atoms with Gasteiger partial charge in [0.05, 0.1) is 18.5 Å². The fourth-order valence-electron chi connectivity index (χ4n) is 4.82. The third-order valence-corrected chi connectivity index (χ3v) is 6.29. The number of primary amides is 1. The van der Waals surface area contributed by atoms with Gasteiger partial charge in [-0.1, -0.05) is 42.5 Å². The molecule has 0 fully saturated rings. The predicted octanol–water partition coefficient (Wildman–Crippen LogP) is 3.91. The first kappa shape index (κ1) is 20.1. The molecule has 6 nitrogen and oxygen atoms in total. The number of nitrogens with zero attached hydrogens (tertiary/aromatic N) is 1. The smallest absolute Gasteiger partial charge is 0.343 e. The number of benzene rings is 3. The summed E-state index contributed by atoms with van der Waals surface area (Å²) in [7, 11) is 1.33. The van der Waals surface area contributed by atoms with Crippen LogP contribution >= 0.6 is 0 Å². The number of methoxy groups -OCH3 is 1. The van der Waals surface area contributed by atoms with Gasteiger partial charge in [0, 0.05) is 17.6 Å². The molecule has 1 amide bonds. The normalized spacial score (nSPS) is 15.1. The predicted molar refractivity (Wildman–Crippen MR) is 123 cm³/mol. The van der Waals surface area contributed by atoms with Gasteiger partial charge in [0.2, 0.25) is 5.91 Å². The Hall–Kier alpha value is -3.80. The number of rotatable bonds is 6. The van der Waals surface area contributed by atoms with Gasteiger partial charge in [0.1, 0.15) is 5.75 Å². The summed E-state index contributed by atoms with van der Waals surface area (Å²) < 4.78 is 12.8. The topological polar surface area (TPSA) is 83.6 Å². The monoisotopic (exact) mass is 428 g/mol. The van der Waals surface area contributed by atoms with Crippen molar-refractivity contribution in [1.82, 2.24) is 4.57 Å². The molecule has 0 saturated carbocycles. The van der Waals surface area contributed by atoms with Crippen LogP contribution in [0.15, 0.2) is 60.7 Å². The van der Waals surface area contributed by atoms with Crippen LogP contribution in [0.2, 0.25) is 0 Å². The summed E-state index contributed by atoms with van der Waals surface area (Å²) in [6.45, 7) is 0.476. The third kappa shape index (κ3) is 3.38. The number of hydrogen-bond acceptors (Lipinski definition) is 4. The Morgan fingerprint density at radius 1 is 1.06 bits per heavy atom. The van der Waals surface area contributed by atoms with Gasteiger partial charge >= 0.3 is 5.97 Å². The summed E-state index contributed by atoms with van der Waals surface area (Å²) in [5.41, 5.74) is 9.93. The minimum Gasteiger partial charge on any atom is -0.481 e. The molecule has 2 N–H and O–H groups in total. The zero-order chi connectivity index (χ0) is 22.2. The van der Waals surface area contributed by atoms with Crippen molar-refractivity contribution >= 4 is 33.6 Å². The first-order valence-corrected chi connectivity index (χ1v) is 10.7. The van der Waals surface area contributed by atoms with Gasteiger partial charge in [-0.05, 0) is 52.9 Å². The maximum absolute atomic E-state index is 12.2. The number of nitrogens with two attached hydrogens (primary N) is 1. The van der Waals surface area contributed by atoms with Crippen molar-refractivity contribution in [2.75, 3.05) is 13.7 Å². The average molecular weight is 428 g/mol. The highest BCUT2D eigenvalue weighted by molar-refractivity contribution is 5.98. The lowest BCUT2D eigenvalue weighted by molar-refractivity contribution is -0.142. The summed E-state index contributed by atoms with van der Waals surface area (Å²) in [5.74, 6) is -0.597. The van der Waals surface area contributed by atoms with Gasteiger partial charge in [-0.3, -0.25) is 4.79 Å². The summed E-state index contributed by atoms with van der Waals surface area (Å²) in [6.07, 6.45) is 1.45. The van der Waals surface area contributed by atoms with Gasteiger partial charge in [0.15, 0.2) is 6.61 Å². The third-order valence-electron chi connectivity index (χ3n) is 6.29. The van der Waals surface area contributed by atoms with E-state index in [4.69, 9.17) is 15.2 Å². The van der Waals surface area contributed by atoms with Crippen LogP contribution in [0.3, 0.4) is 0 Å². The van der Waals surface area contributed by atoms with Crippen molar-refractivity contribution in [2.45, 2.75) is 25.3 Å². The van der Waals surface area contributed by atoms with Crippen molar-refractivity contribution in [3.8, 4) is 5.75 Å². The highest BCUT2D eigenvalue weighted by atomic mass is 16.6. The fourth-order valence-corrected chi connectivity index (χ4v) is 4.82. The van der Waals surface area contributed by atoms with Crippen LogP contribution in [-0.4, -0.2) is 30.2 Å². The van der Waals surface area contributed by atoms with E-state index in [-0.39, 0.29) is 18.4 Å². The molecule has 1 atom stereocenters. The molecule has 1 aliphatic carbocycles. The van der Waals surface area contributed by atoms with E-state index in [1.54, 1.807) is 0 Å². The van der Waals surface area contributed by atoms with Gasteiger partial charge in [0.25, 0.3) is 0 Å². The molecular formula is C26H24N2O4. The SMILES string of the molecule is COC(=O)COc1cccc2c1c1c(n2Cc2ccc3ccccc3c2)CCC1C(N)=O. The molecule has 6 heteroatoms. The number of aromatic nitrogens is 1. The van der Waals surface area contributed by atoms with Crippen LogP contribution in [0.5, 0.6) is 5.75 Å². The first-order chi connectivity index (χ1) is 15.6. The average Bonchev–Trinajstić information content (AvgIpc) is 3.37. The molecule has 0 radical (unpaired) electrons. The quantitative estimate of drug-likeness (QED) is 0.472. The molecule has 1 heterocycles. The fraction of sp³-hybridized carbons (Fsp3) is 0.231. The lowest BCUT2D eigenvalue weighted by Gasteiger charge is -2.12. The minimum absolute atomic E-state index is 0.193. The molecule has 0 spiro atoms. The number of hydrogen-bond donors (Lipinski definition) is 1. The van der Waals surface area contributed by atoms with E-state index in [1.165, 1.54) is 23.4 Å². The zero-order valence-electron chi connectivity index (χ0n) is 17.8. The number of fused-ring (bicyclic) bond motifs is 4. The van der Waals surface area contributed by atoms with Crippen LogP contribution in [0.25, 0.3) is 21.7 Å². The molecule has 4 aromatic rings. The highest BCUT2D eigenvalue weighted by Crippen LogP contribution is 2.44. The van der Waals surface area contributed by atoms with E-state index in [0.29, 0.717) is 18.7 Å². The zero-order valence-corrected chi connectivity index (χ0v) is 17.8. The lowest BCUT2D eigenvalue weighted by atomic mass is 9.99. The van der Waals surface area contributed by atoms with Crippen LogP contribution in [0, 0.1) is 0 Å². The number of esters is 1. The summed E-state index contributed by atoms with van der Waals surface area (Å²) in [5, 5.41) is 3.25. The molecule has 1 aliphatic rings. The minimum atomic E-state index is -0.458.